The van der Waals surface area contributed by atoms with Crippen LogP contribution in [0.2, 0.25) is 0 Å². The Morgan fingerprint density at radius 2 is 1.71 bits per heavy atom. The fraction of sp³-hybridized carbons (Fsp3) is 0.515. The molecule has 2 saturated heterocycles. The lowest BCUT2D eigenvalue weighted by atomic mass is 9.54. The summed E-state index contributed by atoms with van der Waals surface area (Å²) in [5.41, 5.74) is 5.34. The van der Waals surface area contributed by atoms with Crippen molar-refractivity contribution < 1.29 is 14.3 Å². The third kappa shape index (κ3) is 4.45. The van der Waals surface area contributed by atoms with Crippen molar-refractivity contribution in [1.82, 2.24) is 25.0 Å². The van der Waals surface area contributed by atoms with E-state index >= 15 is 0 Å². The highest BCUT2D eigenvalue weighted by Gasteiger charge is 2.55. The first-order valence-electron chi connectivity index (χ1n) is 15.2. The van der Waals surface area contributed by atoms with Gasteiger partial charge in [-0.3, -0.25) is 9.59 Å². The molecule has 0 bridgehead atoms. The van der Waals surface area contributed by atoms with Crippen molar-refractivity contribution in [2.75, 3.05) is 38.3 Å². The van der Waals surface area contributed by atoms with Crippen LogP contribution in [0.4, 0.5) is 5.69 Å². The Kier molecular flexibility index (Phi) is 6.51. The lowest BCUT2D eigenvalue weighted by Gasteiger charge is -2.57. The predicted molar refractivity (Wildman–Crippen MR) is 161 cm³/mol. The minimum absolute atomic E-state index is 0.107. The standard InChI is InChI=1S/C33H40N6O3/c1-19-6-9-25(10-7-19)39-30(35-29(36-39)32(41)38-15-20(2)34-21(3)16-38)23-8-11-27-26(12-23)28(22(4)31(40)37(27)5)24-13-33(14-24)17-42-18-33/h6-12,20-22,24,28,34H,13-18H2,1-5H3/t20-,21+,22-,28?/m0/s1. The lowest BCUT2D eigenvalue weighted by molar-refractivity contribution is -0.185. The van der Waals surface area contributed by atoms with Crippen molar-refractivity contribution in [1.29, 1.82) is 0 Å². The topological polar surface area (TPSA) is 92.6 Å². The van der Waals surface area contributed by atoms with Gasteiger partial charge in [0.25, 0.3) is 5.91 Å². The summed E-state index contributed by atoms with van der Waals surface area (Å²) in [6, 6.07) is 14.8. The molecule has 1 N–H and O–H groups in total. The van der Waals surface area contributed by atoms with Gasteiger partial charge in [0.05, 0.1) is 18.9 Å². The molecule has 220 valence electrons. The highest BCUT2D eigenvalue weighted by atomic mass is 16.5. The summed E-state index contributed by atoms with van der Waals surface area (Å²) in [5.74, 6) is 1.32. The van der Waals surface area contributed by atoms with Crippen molar-refractivity contribution in [3.05, 3.63) is 59.4 Å². The largest absolute Gasteiger partial charge is 0.380 e. The molecule has 1 aromatic heterocycles. The first-order valence-corrected chi connectivity index (χ1v) is 15.2. The molecular formula is C33H40N6O3. The molecule has 4 aliphatic rings. The molecule has 1 aliphatic carbocycles. The maximum absolute atomic E-state index is 13.7. The van der Waals surface area contributed by atoms with Crippen molar-refractivity contribution >= 4 is 17.5 Å². The molecule has 1 spiro atoms. The fourth-order valence-corrected chi connectivity index (χ4v) is 7.80. The van der Waals surface area contributed by atoms with E-state index in [1.54, 1.807) is 9.58 Å². The summed E-state index contributed by atoms with van der Waals surface area (Å²) in [4.78, 5) is 35.6. The highest BCUT2D eigenvalue weighted by molar-refractivity contribution is 5.99. The number of fused-ring (bicyclic) bond motifs is 1. The third-order valence-corrected chi connectivity index (χ3v) is 9.90. The molecule has 42 heavy (non-hydrogen) atoms. The van der Waals surface area contributed by atoms with E-state index < -0.39 is 0 Å². The van der Waals surface area contributed by atoms with E-state index in [-0.39, 0.29) is 41.6 Å². The Balaban J connectivity index is 1.30. The average molecular weight is 569 g/mol. The van der Waals surface area contributed by atoms with E-state index in [1.165, 1.54) is 5.56 Å². The monoisotopic (exact) mass is 568 g/mol. The molecule has 9 nitrogen and oxygen atoms in total. The summed E-state index contributed by atoms with van der Waals surface area (Å²) in [6.07, 6.45) is 2.20. The molecule has 2 amide bonds. The maximum atomic E-state index is 13.7. The second-order valence-corrected chi connectivity index (χ2v) is 13.3. The number of benzene rings is 2. The number of anilines is 1. The summed E-state index contributed by atoms with van der Waals surface area (Å²) < 4.78 is 7.33. The van der Waals surface area contributed by atoms with Gasteiger partial charge in [-0.2, -0.15) is 0 Å². The van der Waals surface area contributed by atoms with Gasteiger partial charge >= 0.3 is 0 Å². The number of nitrogens with zero attached hydrogens (tertiary/aromatic N) is 5. The molecule has 2 aromatic carbocycles. The number of aromatic nitrogens is 3. The van der Waals surface area contributed by atoms with Crippen molar-refractivity contribution in [3.8, 4) is 17.1 Å². The van der Waals surface area contributed by atoms with Gasteiger partial charge < -0.3 is 19.9 Å². The van der Waals surface area contributed by atoms with Crippen LogP contribution in [0.5, 0.6) is 0 Å². The highest BCUT2D eigenvalue weighted by Crippen LogP contribution is 2.59. The lowest BCUT2D eigenvalue weighted by Crippen LogP contribution is -2.56. The van der Waals surface area contributed by atoms with Crippen LogP contribution in [0, 0.1) is 24.2 Å². The van der Waals surface area contributed by atoms with E-state index in [1.807, 2.05) is 48.3 Å². The molecule has 1 unspecified atom stereocenters. The molecular weight excluding hydrogens is 528 g/mol. The van der Waals surface area contributed by atoms with Gasteiger partial charge in [-0.05, 0) is 75.4 Å². The van der Waals surface area contributed by atoms with Crippen LogP contribution < -0.4 is 10.2 Å². The number of carbonyl (C=O) groups excluding carboxylic acids is 2. The van der Waals surface area contributed by atoms with Gasteiger partial charge in [-0.1, -0.05) is 24.6 Å². The van der Waals surface area contributed by atoms with E-state index in [4.69, 9.17) is 14.8 Å². The molecule has 1 saturated carbocycles. The predicted octanol–water partition coefficient (Wildman–Crippen LogP) is 4.19. The molecule has 3 aliphatic heterocycles. The van der Waals surface area contributed by atoms with Gasteiger partial charge in [0.2, 0.25) is 11.7 Å². The molecule has 7 rings (SSSR count). The number of nitrogens with one attached hydrogen (secondary N) is 1. The summed E-state index contributed by atoms with van der Waals surface area (Å²) >= 11 is 0. The van der Waals surface area contributed by atoms with Crippen molar-refractivity contribution in [2.45, 2.75) is 58.5 Å². The Bertz CT molecular complexity index is 1530. The van der Waals surface area contributed by atoms with Crippen LogP contribution >= 0.6 is 0 Å². The zero-order chi connectivity index (χ0) is 29.3. The SMILES string of the molecule is Cc1ccc(-n2nc(C(=O)N3C[C@@H](C)N[C@@H](C)C3)nc2-c2ccc3c(c2)C(C2CC4(COC4)C2)[C@H](C)C(=O)N3C)cc1. The Morgan fingerprint density at radius 3 is 2.36 bits per heavy atom. The van der Waals surface area contributed by atoms with Crippen molar-refractivity contribution in [3.63, 3.8) is 0 Å². The van der Waals surface area contributed by atoms with Crippen LogP contribution in [-0.4, -0.2) is 76.9 Å². The molecule has 0 radical (unpaired) electrons. The normalized spacial score (nSPS) is 27.0. The minimum atomic E-state index is -0.153. The van der Waals surface area contributed by atoms with Gasteiger partial charge in [0.1, 0.15) is 0 Å². The quantitative estimate of drug-likeness (QED) is 0.508. The van der Waals surface area contributed by atoms with Gasteiger partial charge in [-0.15, -0.1) is 5.10 Å². The van der Waals surface area contributed by atoms with E-state index in [0.717, 1.165) is 48.6 Å². The molecule has 3 aromatic rings. The van der Waals surface area contributed by atoms with Gasteiger partial charge in [-0.25, -0.2) is 9.67 Å². The second kappa shape index (κ2) is 10.0. The number of hydrogen-bond donors (Lipinski definition) is 1. The van der Waals surface area contributed by atoms with Crippen LogP contribution in [0.25, 0.3) is 17.1 Å². The number of carbonyl (C=O) groups is 2. The second-order valence-electron chi connectivity index (χ2n) is 13.3. The van der Waals surface area contributed by atoms with Crippen LogP contribution in [-0.2, 0) is 9.53 Å². The van der Waals surface area contributed by atoms with Crippen LogP contribution in [0.3, 0.4) is 0 Å². The Morgan fingerprint density at radius 1 is 1.02 bits per heavy atom. The van der Waals surface area contributed by atoms with Gasteiger partial charge in [0, 0.05) is 60.7 Å². The van der Waals surface area contributed by atoms with E-state index in [2.05, 4.69) is 39.1 Å². The molecule has 4 atom stereocenters. The first kappa shape index (κ1) is 27.3. The van der Waals surface area contributed by atoms with E-state index in [0.29, 0.717) is 30.2 Å². The number of aryl methyl sites for hydroxylation is 1. The molecule has 4 heterocycles. The fourth-order valence-electron chi connectivity index (χ4n) is 7.80. The number of ether oxygens (including phenoxy) is 1. The van der Waals surface area contributed by atoms with Crippen LogP contribution in [0.1, 0.15) is 61.3 Å². The zero-order valence-corrected chi connectivity index (χ0v) is 25.1. The third-order valence-electron chi connectivity index (χ3n) is 9.90. The Labute approximate surface area is 247 Å². The number of rotatable bonds is 4. The first-order chi connectivity index (χ1) is 20.1. The van der Waals surface area contributed by atoms with Gasteiger partial charge in [0.15, 0.2) is 5.82 Å². The van der Waals surface area contributed by atoms with E-state index in [9.17, 15) is 9.59 Å². The average Bonchev–Trinajstić information content (AvgIpc) is 3.36. The summed E-state index contributed by atoms with van der Waals surface area (Å²) in [6.45, 7) is 11.2. The maximum Gasteiger partial charge on any atom is 0.293 e. The molecule has 3 fully saturated rings. The smallest absolute Gasteiger partial charge is 0.293 e. The number of piperazine rings is 1. The summed E-state index contributed by atoms with van der Waals surface area (Å²) in [5, 5.41) is 8.29. The Hall–Kier alpha value is -3.56. The minimum Gasteiger partial charge on any atom is -0.380 e. The number of amides is 2. The summed E-state index contributed by atoms with van der Waals surface area (Å²) in [7, 11) is 1.87. The zero-order valence-electron chi connectivity index (χ0n) is 25.1. The van der Waals surface area contributed by atoms with Crippen molar-refractivity contribution in [2.24, 2.45) is 17.3 Å². The molecule has 9 heteroatoms. The number of hydrogen-bond acceptors (Lipinski definition) is 6. The van der Waals surface area contributed by atoms with Crippen LogP contribution in [0.15, 0.2) is 42.5 Å².